The Labute approximate surface area is 292 Å². The molecule has 50 heavy (non-hydrogen) atoms. The summed E-state index contributed by atoms with van der Waals surface area (Å²) in [6.45, 7) is 3.79. The van der Waals surface area contributed by atoms with Crippen molar-refractivity contribution in [1.29, 1.82) is 0 Å². The van der Waals surface area contributed by atoms with Crippen LogP contribution in [0.2, 0.25) is 0 Å². The molecule has 2 aromatic carbocycles. The van der Waals surface area contributed by atoms with E-state index in [2.05, 4.69) is 15.6 Å². The number of β-amino-alcohol motifs (C(OH)–C–C–N with tert-alkyl or cyclic N) is 1. The van der Waals surface area contributed by atoms with Crippen LogP contribution in [0.4, 0.5) is 28.8 Å². The second kappa shape index (κ2) is 13.4. The van der Waals surface area contributed by atoms with Crippen molar-refractivity contribution in [2.45, 2.75) is 37.2 Å². The molecule has 2 amide bonds. The molecule has 5 N–H and O–H groups in total. The monoisotopic (exact) mass is 716 g/mol. The number of aromatic nitrogens is 3. The van der Waals surface area contributed by atoms with Gasteiger partial charge in [-0.2, -0.15) is 9.97 Å². The molecule has 0 bridgehead atoms. The van der Waals surface area contributed by atoms with Crippen LogP contribution in [0.15, 0.2) is 65.0 Å². The number of ether oxygens (including phenoxy) is 1. The Balaban J connectivity index is 1.28. The number of carbonyl (C=O) groups is 2. The van der Waals surface area contributed by atoms with Crippen LogP contribution in [0.1, 0.15) is 33.6 Å². The van der Waals surface area contributed by atoms with Gasteiger partial charge in [-0.25, -0.2) is 12.4 Å². The minimum atomic E-state index is -4.07. The third kappa shape index (κ3) is 6.37. The van der Waals surface area contributed by atoms with Crippen LogP contribution in [0.3, 0.4) is 0 Å². The summed E-state index contributed by atoms with van der Waals surface area (Å²) in [7, 11) is -2.54. The quantitative estimate of drug-likeness (QED) is 0.164. The van der Waals surface area contributed by atoms with Gasteiger partial charge < -0.3 is 31.1 Å². The van der Waals surface area contributed by atoms with E-state index in [0.717, 1.165) is 34.5 Å². The molecule has 1 saturated heterocycles. The van der Waals surface area contributed by atoms with Gasteiger partial charge in [0.05, 0.1) is 41.4 Å². The Kier molecular flexibility index (Phi) is 8.94. The van der Waals surface area contributed by atoms with Gasteiger partial charge in [0.25, 0.3) is 15.9 Å². The number of likely N-dealkylation sites (tertiary alicyclic amines) is 1. The third-order valence-electron chi connectivity index (χ3n) is 8.91. The minimum absolute atomic E-state index is 0.0336. The van der Waals surface area contributed by atoms with Gasteiger partial charge in [-0.15, -0.1) is 11.3 Å². The Morgan fingerprint density at radius 2 is 1.88 bits per heavy atom. The number of primary amides is 1. The molecular formula is C34H36N8O6S2. The van der Waals surface area contributed by atoms with Crippen LogP contribution >= 0.6 is 11.3 Å². The van der Waals surface area contributed by atoms with Crippen molar-refractivity contribution in [3.63, 3.8) is 0 Å². The first kappa shape index (κ1) is 33.5. The number of amides is 2. The van der Waals surface area contributed by atoms with Gasteiger partial charge in [0.2, 0.25) is 11.9 Å². The number of hydrogen-bond donors (Lipinski definition) is 4. The molecule has 2 aliphatic rings. The number of anilines is 5. The molecule has 14 nitrogen and oxygen atoms in total. The summed E-state index contributed by atoms with van der Waals surface area (Å²) < 4.78 is 34.6. The van der Waals surface area contributed by atoms with E-state index < -0.39 is 22.0 Å². The number of nitrogens with zero attached hydrogens (tertiary/aromatic N) is 5. The van der Waals surface area contributed by atoms with E-state index in [1.54, 1.807) is 40.6 Å². The lowest BCUT2D eigenvalue weighted by Gasteiger charge is -2.31. The Morgan fingerprint density at radius 3 is 2.62 bits per heavy atom. The average Bonchev–Trinajstić information content (AvgIpc) is 3.83. The zero-order chi connectivity index (χ0) is 35.2. The molecule has 0 aliphatic carbocycles. The summed E-state index contributed by atoms with van der Waals surface area (Å²) in [4.78, 5) is 39.1. The van der Waals surface area contributed by atoms with E-state index in [9.17, 15) is 23.1 Å². The van der Waals surface area contributed by atoms with Gasteiger partial charge in [0.1, 0.15) is 16.4 Å². The number of piperidine rings is 1. The zero-order valence-corrected chi connectivity index (χ0v) is 29.1. The molecule has 5 heterocycles. The maximum atomic E-state index is 13.9. The van der Waals surface area contributed by atoms with Crippen molar-refractivity contribution in [3.05, 3.63) is 76.1 Å². The molecule has 7 rings (SSSR count). The van der Waals surface area contributed by atoms with Crippen LogP contribution in [-0.2, 0) is 21.2 Å². The predicted molar refractivity (Wildman–Crippen MR) is 191 cm³/mol. The predicted octanol–water partition coefficient (Wildman–Crippen LogP) is 3.98. The van der Waals surface area contributed by atoms with Crippen LogP contribution in [-0.4, -0.2) is 83.6 Å². The SMILES string of the molecule is COc1cc2c(cc1Nc1nc(Nc3ccsc3C(N)=O)c3ccn(S(=O)(=O)c4ccc(C)cc4)c3n1)N(C(=O)CN1CCCC(O)C1)CC2. The maximum Gasteiger partial charge on any atom is 0.269 e. The second-order valence-corrected chi connectivity index (χ2v) is 15.1. The number of fused-ring (bicyclic) bond motifs is 2. The second-order valence-electron chi connectivity index (χ2n) is 12.3. The summed E-state index contributed by atoms with van der Waals surface area (Å²) in [5.74, 6) is 0.0533. The molecule has 1 unspecified atom stereocenters. The van der Waals surface area contributed by atoms with E-state index >= 15 is 0 Å². The van der Waals surface area contributed by atoms with Crippen LogP contribution in [0, 0.1) is 6.92 Å². The largest absolute Gasteiger partial charge is 0.495 e. The van der Waals surface area contributed by atoms with E-state index in [0.29, 0.717) is 47.7 Å². The number of carbonyl (C=O) groups excluding carboxylic acids is 2. The van der Waals surface area contributed by atoms with Crippen LogP contribution in [0.5, 0.6) is 5.75 Å². The number of aryl methyl sites for hydroxylation is 1. The number of aliphatic hydroxyl groups is 1. The first-order valence-corrected chi connectivity index (χ1v) is 18.4. The van der Waals surface area contributed by atoms with E-state index in [4.69, 9.17) is 15.5 Å². The number of hydrogen-bond acceptors (Lipinski definition) is 12. The third-order valence-corrected chi connectivity index (χ3v) is 11.5. The van der Waals surface area contributed by atoms with Gasteiger partial charge in [-0.05, 0) is 80.1 Å². The molecule has 0 saturated carbocycles. The van der Waals surface area contributed by atoms with Crippen LogP contribution < -0.4 is 26.0 Å². The summed E-state index contributed by atoms with van der Waals surface area (Å²) in [5, 5.41) is 18.5. The Bertz CT molecular complexity index is 2220. The molecule has 1 fully saturated rings. The molecule has 16 heteroatoms. The fraction of sp³-hybridized carbons (Fsp3) is 0.294. The van der Waals surface area contributed by atoms with Crippen molar-refractivity contribution in [3.8, 4) is 5.75 Å². The lowest BCUT2D eigenvalue weighted by atomic mass is 10.1. The fourth-order valence-electron chi connectivity index (χ4n) is 6.40. The normalized spacial score (nSPS) is 16.4. The first-order chi connectivity index (χ1) is 24.0. The molecule has 0 spiro atoms. The fourth-order valence-corrected chi connectivity index (χ4v) is 8.40. The van der Waals surface area contributed by atoms with E-state index in [1.807, 2.05) is 17.9 Å². The minimum Gasteiger partial charge on any atom is -0.495 e. The molecule has 1 atom stereocenters. The van der Waals surface area contributed by atoms with Crippen LogP contribution in [0.25, 0.3) is 11.0 Å². The lowest BCUT2D eigenvalue weighted by molar-refractivity contribution is -0.120. The topological polar surface area (TPSA) is 185 Å². The van der Waals surface area contributed by atoms with E-state index in [-0.39, 0.29) is 39.6 Å². The maximum absolute atomic E-state index is 13.9. The highest BCUT2D eigenvalue weighted by molar-refractivity contribution is 7.90. The van der Waals surface area contributed by atoms with Gasteiger partial charge >= 0.3 is 0 Å². The van der Waals surface area contributed by atoms with Crippen molar-refractivity contribution < 1.29 is 27.9 Å². The first-order valence-electron chi connectivity index (χ1n) is 16.1. The summed E-state index contributed by atoms with van der Waals surface area (Å²) in [6, 6.07) is 13.5. The highest BCUT2D eigenvalue weighted by Crippen LogP contribution is 2.39. The number of nitrogens with one attached hydrogen (secondary N) is 2. The van der Waals surface area contributed by atoms with E-state index in [1.165, 1.54) is 36.8 Å². The standard InChI is InChI=1S/C34H36N8O6S2/c1-20-5-7-23(8-6-20)50(46,47)42-14-10-24-32(36-25-11-15-49-30(25)31(35)45)38-34(39-33(24)42)37-26-17-27-21(16-28(26)48-2)9-13-41(27)29(44)19-40-12-3-4-22(43)18-40/h5-8,10-11,14-17,22,43H,3-4,9,12-13,18-19H2,1-2H3,(H2,35,45)(H2,36,37,38,39). The Hall–Kier alpha value is -5.03. The molecular weight excluding hydrogens is 681 g/mol. The van der Waals surface area contributed by atoms with Gasteiger partial charge in [-0.1, -0.05) is 17.7 Å². The number of nitrogens with two attached hydrogens (primary N) is 1. The lowest BCUT2D eigenvalue weighted by Crippen LogP contribution is -2.45. The molecule has 0 radical (unpaired) electrons. The highest BCUT2D eigenvalue weighted by atomic mass is 32.2. The van der Waals surface area contributed by atoms with Gasteiger partial charge in [0, 0.05) is 25.0 Å². The average molecular weight is 717 g/mol. The zero-order valence-electron chi connectivity index (χ0n) is 27.4. The summed E-state index contributed by atoms with van der Waals surface area (Å²) in [5.41, 5.74) is 9.12. The summed E-state index contributed by atoms with van der Waals surface area (Å²) in [6.07, 6.45) is 3.19. The number of methoxy groups -OCH3 is 1. The molecule has 2 aliphatic heterocycles. The number of aliphatic hydroxyl groups excluding tert-OH is 1. The smallest absolute Gasteiger partial charge is 0.269 e. The number of rotatable bonds is 10. The molecule has 5 aromatic rings. The van der Waals surface area contributed by atoms with Crippen molar-refractivity contribution in [2.24, 2.45) is 5.73 Å². The number of thiophene rings is 1. The van der Waals surface area contributed by atoms with Gasteiger partial charge in [-0.3, -0.25) is 14.5 Å². The number of benzene rings is 2. The van der Waals surface area contributed by atoms with Gasteiger partial charge in [0.15, 0.2) is 5.65 Å². The summed E-state index contributed by atoms with van der Waals surface area (Å²) >= 11 is 1.17. The van der Waals surface area contributed by atoms with Crippen molar-refractivity contribution in [2.75, 3.05) is 48.8 Å². The highest BCUT2D eigenvalue weighted by Gasteiger charge is 2.30. The van der Waals surface area contributed by atoms with Crippen molar-refractivity contribution in [1.82, 2.24) is 18.8 Å². The Morgan fingerprint density at radius 1 is 1.08 bits per heavy atom. The molecule has 260 valence electrons. The van der Waals surface area contributed by atoms with Crippen molar-refractivity contribution >= 4 is 73.0 Å². The molecule has 3 aromatic heterocycles.